The highest BCUT2D eigenvalue weighted by atomic mass is 35.7. The second kappa shape index (κ2) is 14.4. The van der Waals surface area contributed by atoms with Crippen molar-refractivity contribution in [2.75, 3.05) is 5.73 Å². The number of benzene rings is 2. The van der Waals surface area contributed by atoms with E-state index in [0.717, 1.165) is 51.4 Å². The van der Waals surface area contributed by atoms with E-state index in [4.69, 9.17) is 21.5 Å². The van der Waals surface area contributed by atoms with Gasteiger partial charge in [0, 0.05) is 16.4 Å². The molecule has 4 aliphatic carbocycles. The molecule has 0 heterocycles. The summed E-state index contributed by atoms with van der Waals surface area (Å²) in [6.07, 6.45) is 14.9. The van der Waals surface area contributed by atoms with Gasteiger partial charge in [0.2, 0.25) is 9.05 Å². The van der Waals surface area contributed by atoms with E-state index < -0.39 is 30.8 Å². The molecule has 12 heteroatoms. The minimum Gasteiger partial charge on any atom is -0.478 e. The standard InChI is InChI=1S/C17H22O4S.C9H15ClO2S.C7H7NO2/c18-16(19)15-5-2-1-4-13(15)12-22(20,21)14-6-10-17(11-7-14)8-3-9-17;10-13(11,12)8-2-6-9(7-3-8)4-1-5-9;8-6-4-2-1-3-5(6)7(9)10/h1-2,4-5,14H,3,6-12H2,(H,18,19);8H,1-7H2;1-4H,8H2,(H,9,10). The first kappa shape index (κ1) is 35.2. The molecule has 0 radical (unpaired) electrons. The molecule has 2 aromatic rings. The van der Waals surface area contributed by atoms with Gasteiger partial charge in [0.15, 0.2) is 9.84 Å². The smallest absolute Gasteiger partial charge is 0.337 e. The highest BCUT2D eigenvalue weighted by Gasteiger charge is 2.43. The van der Waals surface area contributed by atoms with Crippen LogP contribution in [0.4, 0.5) is 5.69 Å². The van der Waals surface area contributed by atoms with Crippen molar-refractivity contribution in [1.82, 2.24) is 0 Å². The Morgan fingerprint density at radius 3 is 1.49 bits per heavy atom. The summed E-state index contributed by atoms with van der Waals surface area (Å²) in [6.45, 7) is 0. The Labute approximate surface area is 270 Å². The Bertz CT molecular complexity index is 1560. The molecule has 0 bridgehead atoms. The van der Waals surface area contributed by atoms with E-state index >= 15 is 0 Å². The molecule has 0 amide bonds. The summed E-state index contributed by atoms with van der Waals surface area (Å²) in [6, 6.07) is 12.8. The normalized spacial score (nSPS) is 22.0. The molecule has 6 rings (SSSR count). The van der Waals surface area contributed by atoms with Crippen LogP contribution < -0.4 is 5.73 Å². The lowest BCUT2D eigenvalue weighted by Gasteiger charge is -2.46. The van der Waals surface area contributed by atoms with E-state index in [1.54, 1.807) is 36.4 Å². The number of carboxylic acids is 2. The number of anilines is 1. The molecular formula is C33H44ClNO8S2. The van der Waals surface area contributed by atoms with Crippen molar-refractivity contribution in [1.29, 1.82) is 0 Å². The summed E-state index contributed by atoms with van der Waals surface area (Å²) in [5.41, 5.74) is 7.25. The average molecular weight is 682 g/mol. The van der Waals surface area contributed by atoms with Crippen LogP contribution in [0.3, 0.4) is 0 Å². The number of rotatable bonds is 6. The molecule has 2 aromatic carbocycles. The first-order valence-electron chi connectivity index (χ1n) is 15.7. The third-order valence-corrected chi connectivity index (χ3v) is 14.7. The maximum absolute atomic E-state index is 12.7. The molecule has 4 fully saturated rings. The molecule has 4 N–H and O–H groups in total. The number of carboxylic acid groups (broad SMARTS) is 2. The van der Waals surface area contributed by atoms with Crippen molar-refractivity contribution in [2.24, 2.45) is 10.8 Å². The highest BCUT2D eigenvalue weighted by Crippen LogP contribution is 2.53. The Kier molecular flexibility index (Phi) is 11.3. The van der Waals surface area contributed by atoms with E-state index in [1.807, 2.05) is 0 Å². The molecule has 0 saturated heterocycles. The topological polar surface area (TPSA) is 169 Å². The second-order valence-electron chi connectivity index (χ2n) is 13.2. The number of carbonyl (C=O) groups is 2. The van der Waals surface area contributed by atoms with Crippen molar-refractivity contribution < 1.29 is 36.6 Å². The zero-order chi connectivity index (χ0) is 32.9. The van der Waals surface area contributed by atoms with E-state index in [2.05, 4.69) is 0 Å². The van der Waals surface area contributed by atoms with Gasteiger partial charge in [0.05, 0.1) is 27.4 Å². The molecule has 0 aromatic heterocycles. The summed E-state index contributed by atoms with van der Waals surface area (Å²) in [5.74, 6) is -2.21. The summed E-state index contributed by atoms with van der Waals surface area (Å²) >= 11 is 0. The molecule has 4 saturated carbocycles. The zero-order valence-electron chi connectivity index (χ0n) is 25.5. The highest BCUT2D eigenvalue weighted by molar-refractivity contribution is 8.14. The number of halogens is 1. The van der Waals surface area contributed by atoms with Crippen molar-refractivity contribution >= 4 is 47.2 Å². The number of sulfone groups is 1. The van der Waals surface area contributed by atoms with Gasteiger partial charge in [-0.3, -0.25) is 0 Å². The van der Waals surface area contributed by atoms with Crippen LogP contribution in [-0.2, 0) is 24.6 Å². The largest absolute Gasteiger partial charge is 0.478 e. The Morgan fingerprint density at radius 1 is 0.689 bits per heavy atom. The Morgan fingerprint density at radius 2 is 1.11 bits per heavy atom. The van der Waals surface area contributed by atoms with Gasteiger partial charge in [-0.25, -0.2) is 26.4 Å². The third-order valence-electron chi connectivity index (χ3n) is 10.5. The molecule has 0 aliphatic heterocycles. The van der Waals surface area contributed by atoms with Crippen molar-refractivity contribution in [2.45, 2.75) is 106 Å². The molecular weight excluding hydrogens is 638 g/mol. The minimum absolute atomic E-state index is 0.0948. The molecule has 0 unspecified atom stereocenters. The van der Waals surface area contributed by atoms with Crippen LogP contribution in [-0.4, -0.2) is 49.5 Å². The summed E-state index contributed by atoms with van der Waals surface area (Å²) in [7, 11) is -1.24. The maximum Gasteiger partial charge on any atom is 0.337 e. The Balaban J connectivity index is 0.000000170. The fraction of sp³-hybridized carbons (Fsp3) is 0.576. The van der Waals surface area contributed by atoms with E-state index in [9.17, 15) is 31.5 Å². The molecule has 45 heavy (non-hydrogen) atoms. The zero-order valence-corrected chi connectivity index (χ0v) is 27.9. The second-order valence-corrected chi connectivity index (χ2v) is 18.4. The molecule has 248 valence electrons. The lowest BCUT2D eigenvalue weighted by atomic mass is 9.61. The van der Waals surface area contributed by atoms with Crippen LogP contribution in [0.2, 0.25) is 0 Å². The quantitative estimate of drug-likeness (QED) is 0.214. The van der Waals surface area contributed by atoms with Crippen LogP contribution in [0.25, 0.3) is 0 Å². The van der Waals surface area contributed by atoms with Gasteiger partial charge >= 0.3 is 11.9 Å². The predicted octanol–water partition coefficient (Wildman–Crippen LogP) is 7.05. The average Bonchev–Trinajstić information content (AvgIpc) is 2.96. The molecule has 4 aliphatic rings. The summed E-state index contributed by atoms with van der Waals surface area (Å²) < 4.78 is 47.4. The number of nitrogens with two attached hydrogens (primary N) is 1. The minimum atomic E-state index is -3.29. The maximum atomic E-state index is 12.7. The van der Waals surface area contributed by atoms with Gasteiger partial charge in [0.1, 0.15) is 0 Å². The summed E-state index contributed by atoms with van der Waals surface area (Å²) in [4.78, 5) is 21.6. The first-order valence-corrected chi connectivity index (χ1v) is 19.8. The van der Waals surface area contributed by atoms with Gasteiger partial charge in [0.25, 0.3) is 0 Å². The van der Waals surface area contributed by atoms with Gasteiger partial charge < -0.3 is 15.9 Å². The molecule has 2 spiro atoms. The van der Waals surface area contributed by atoms with Gasteiger partial charge in [-0.1, -0.05) is 43.2 Å². The monoisotopic (exact) mass is 681 g/mol. The van der Waals surface area contributed by atoms with Crippen LogP contribution in [0.5, 0.6) is 0 Å². The molecule has 9 nitrogen and oxygen atoms in total. The van der Waals surface area contributed by atoms with E-state index in [-0.39, 0.29) is 27.4 Å². The van der Waals surface area contributed by atoms with Gasteiger partial charge in [-0.15, -0.1) is 0 Å². The van der Waals surface area contributed by atoms with E-state index in [0.29, 0.717) is 22.1 Å². The summed E-state index contributed by atoms with van der Waals surface area (Å²) in [5, 5.41) is 17.1. The number of aromatic carboxylic acids is 2. The number of hydrogen-bond acceptors (Lipinski definition) is 7. The first-order chi connectivity index (χ1) is 21.2. The third kappa shape index (κ3) is 9.01. The van der Waals surface area contributed by atoms with Gasteiger partial charge in [-0.2, -0.15) is 0 Å². The van der Waals surface area contributed by atoms with E-state index in [1.165, 1.54) is 50.7 Å². The van der Waals surface area contributed by atoms with Crippen LogP contribution >= 0.6 is 10.7 Å². The fourth-order valence-corrected chi connectivity index (χ4v) is 10.5. The van der Waals surface area contributed by atoms with Gasteiger partial charge in [-0.05, 0) is 112 Å². The van der Waals surface area contributed by atoms with Crippen LogP contribution in [0.15, 0.2) is 48.5 Å². The fourth-order valence-electron chi connectivity index (χ4n) is 7.28. The number of nitrogen functional groups attached to an aromatic ring is 1. The SMILES string of the molecule is Nc1ccccc1C(=O)O.O=C(O)c1ccccc1CS(=O)(=O)C1CCC2(CCC2)CC1.O=S(=O)(Cl)C1CCC2(CCC2)CC1. The number of hydrogen-bond donors (Lipinski definition) is 3. The lowest BCUT2D eigenvalue weighted by molar-refractivity contribution is 0.0686. The van der Waals surface area contributed by atoms with Crippen LogP contribution in [0.1, 0.15) is 116 Å². The van der Waals surface area contributed by atoms with Crippen molar-refractivity contribution in [3.63, 3.8) is 0 Å². The van der Waals surface area contributed by atoms with Crippen molar-refractivity contribution in [3.8, 4) is 0 Å². The Hall–Kier alpha value is -2.63. The van der Waals surface area contributed by atoms with Crippen molar-refractivity contribution in [3.05, 3.63) is 65.2 Å². The molecule has 0 atom stereocenters. The predicted molar refractivity (Wildman–Crippen MR) is 176 cm³/mol. The van der Waals surface area contributed by atoms with Crippen LogP contribution in [0, 0.1) is 10.8 Å². The number of para-hydroxylation sites is 1. The lowest BCUT2D eigenvalue weighted by Crippen LogP contribution is -2.38.